The maximum Gasteiger partial charge on any atom is 0.410 e. The van der Waals surface area contributed by atoms with Crippen LogP contribution in [0.4, 0.5) is 4.79 Å². The van der Waals surface area contributed by atoms with E-state index in [4.69, 9.17) is 4.74 Å². The molecule has 1 aromatic heterocycles. The molecule has 0 spiro atoms. The number of rotatable bonds is 4. The highest BCUT2D eigenvalue weighted by molar-refractivity contribution is 7.12. The van der Waals surface area contributed by atoms with Crippen LogP contribution in [0.2, 0.25) is 0 Å². The van der Waals surface area contributed by atoms with Gasteiger partial charge >= 0.3 is 6.09 Å². The number of carbonyl (C=O) groups is 2. The average molecular weight is 338 g/mol. The van der Waals surface area contributed by atoms with Crippen LogP contribution in [0.3, 0.4) is 0 Å². The van der Waals surface area contributed by atoms with Gasteiger partial charge in [0.2, 0.25) is 0 Å². The number of likely N-dealkylation sites (N-methyl/N-ethyl adjacent to an activating group) is 1. The maximum atomic E-state index is 12.2. The number of hydrogen-bond acceptors (Lipinski definition) is 5. The highest BCUT2D eigenvalue weighted by Gasteiger charge is 2.29. The number of ketones is 1. The largest absolute Gasteiger partial charge is 0.444 e. The molecule has 0 bridgehead atoms. The first kappa shape index (κ1) is 17.9. The minimum absolute atomic E-state index is 0.0923. The van der Waals surface area contributed by atoms with Crippen molar-refractivity contribution in [3.8, 4) is 0 Å². The van der Waals surface area contributed by atoms with Gasteiger partial charge in [0.15, 0.2) is 5.78 Å². The number of carbonyl (C=O) groups excluding carboxylic acids is 2. The summed E-state index contributed by atoms with van der Waals surface area (Å²) in [5, 5.41) is 1.92. The summed E-state index contributed by atoms with van der Waals surface area (Å²) >= 11 is 1.48. The number of likely N-dealkylation sites (tertiary alicyclic amines) is 1. The Bertz CT molecular complexity index is 537. The van der Waals surface area contributed by atoms with E-state index in [9.17, 15) is 9.59 Å². The molecule has 0 aromatic carbocycles. The van der Waals surface area contributed by atoms with Crippen LogP contribution < -0.4 is 0 Å². The maximum absolute atomic E-state index is 12.2. The lowest BCUT2D eigenvalue weighted by Gasteiger charge is -2.37. The van der Waals surface area contributed by atoms with Gasteiger partial charge in [0, 0.05) is 19.6 Å². The van der Waals surface area contributed by atoms with Crippen molar-refractivity contribution in [1.82, 2.24) is 9.80 Å². The number of ether oxygens (including phenoxy) is 1. The van der Waals surface area contributed by atoms with Crippen LogP contribution in [-0.2, 0) is 4.74 Å². The fraction of sp³-hybridized carbons (Fsp3) is 0.647. The summed E-state index contributed by atoms with van der Waals surface area (Å²) in [6, 6.07) is 3.85. The molecule has 1 fully saturated rings. The van der Waals surface area contributed by atoms with Gasteiger partial charge in [-0.05, 0) is 51.6 Å². The molecule has 1 aromatic rings. The fourth-order valence-corrected chi connectivity index (χ4v) is 3.35. The average Bonchev–Trinajstić information content (AvgIpc) is 2.99. The number of piperidine rings is 1. The summed E-state index contributed by atoms with van der Waals surface area (Å²) in [6.07, 6.45) is 1.63. The predicted octanol–water partition coefficient (Wildman–Crippen LogP) is 3.26. The van der Waals surface area contributed by atoms with Gasteiger partial charge in [0.25, 0.3) is 0 Å². The molecule has 1 aliphatic rings. The monoisotopic (exact) mass is 338 g/mol. The number of nitrogens with zero attached hydrogens (tertiary/aromatic N) is 2. The Morgan fingerprint density at radius 1 is 1.43 bits per heavy atom. The Labute approximate surface area is 142 Å². The molecule has 0 radical (unpaired) electrons. The van der Waals surface area contributed by atoms with Crippen molar-refractivity contribution in [2.75, 3.05) is 26.7 Å². The van der Waals surface area contributed by atoms with Gasteiger partial charge in [0.05, 0.1) is 11.4 Å². The minimum atomic E-state index is -0.491. The molecule has 2 heterocycles. The topological polar surface area (TPSA) is 49.9 Å². The van der Waals surface area contributed by atoms with Gasteiger partial charge in [-0.3, -0.25) is 9.69 Å². The summed E-state index contributed by atoms with van der Waals surface area (Å²) in [6.45, 7) is 7.63. The zero-order valence-corrected chi connectivity index (χ0v) is 15.2. The number of amides is 1. The molecular formula is C17H26N2O3S. The summed E-state index contributed by atoms with van der Waals surface area (Å²) in [5.74, 6) is 0.153. The molecule has 1 amide bonds. The summed E-state index contributed by atoms with van der Waals surface area (Å²) in [4.78, 5) is 29.0. The number of Topliss-reactive ketones (excluding diaryl/α,β-unsaturated/α-hetero) is 1. The zero-order valence-electron chi connectivity index (χ0n) is 14.4. The van der Waals surface area contributed by atoms with Crippen LogP contribution in [-0.4, -0.2) is 60.0 Å². The number of hydrogen-bond donors (Lipinski definition) is 0. The van der Waals surface area contributed by atoms with E-state index >= 15 is 0 Å². The first-order chi connectivity index (χ1) is 10.8. The second-order valence-corrected chi connectivity index (χ2v) is 7.97. The van der Waals surface area contributed by atoms with Crippen LogP contribution in [0.15, 0.2) is 17.5 Å². The molecule has 0 N–H and O–H groups in total. The van der Waals surface area contributed by atoms with Crippen LogP contribution in [0, 0.1) is 0 Å². The normalized spacial score (nSPS) is 19.4. The van der Waals surface area contributed by atoms with E-state index in [0.29, 0.717) is 13.1 Å². The summed E-state index contributed by atoms with van der Waals surface area (Å²) < 4.78 is 5.43. The van der Waals surface area contributed by atoms with Crippen LogP contribution in [0.25, 0.3) is 0 Å². The lowest BCUT2D eigenvalue weighted by atomic mass is 10.0. The van der Waals surface area contributed by atoms with Gasteiger partial charge in [-0.15, -0.1) is 11.3 Å². The van der Waals surface area contributed by atoms with Gasteiger partial charge in [0.1, 0.15) is 5.60 Å². The fourth-order valence-electron chi connectivity index (χ4n) is 2.69. The van der Waals surface area contributed by atoms with Gasteiger partial charge in [-0.1, -0.05) is 6.07 Å². The third-order valence-electron chi connectivity index (χ3n) is 3.87. The smallest absolute Gasteiger partial charge is 0.410 e. The highest BCUT2D eigenvalue weighted by Crippen LogP contribution is 2.19. The van der Waals surface area contributed by atoms with E-state index < -0.39 is 5.60 Å². The Morgan fingerprint density at radius 2 is 2.17 bits per heavy atom. The molecule has 1 unspecified atom stereocenters. The van der Waals surface area contributed by atoms with Crippen LogP contribution >= 0.6 is 11.3 Å². The zero-order chi connectivity index (χ0) is 17.0. The standard InChI is InChI=1S/C17H26N2O3S/c1-17(2,3)22-16(21)18(4)13-7-5-9-19(11-13)12-14(20)15-8-6-10-23-15/h6,8,10,13H,5,7,9,11-12H2,1-4H3. The quantitative estimate of drug-likeness (QED) is 0.791. The molecule has 1 aliphatic heterocycles. The van der Waals surface area contributed by atoms with Gasteiger partial charge in [-0.2, -0.15) is 0 Å². The van der Waals surface area contributed by atoms with E-state index in [1.54, 1.807) is 11.9 Å². The molecule has 1 atom stereocenters. The highest BCUT2D eigenvalue weighted by atomic mass is 32.1. The SMILES string of the molecule is CN(C(=O)OC(C)(C)C)C1CCCN(CC(=O)c2cccs2)C1. The Morgan fingerprint density at radius 3 is 2.78 bits per heavy atom. The van der Waals surface area contributed by atoms with Crippen molar-refractivity contribution in [2.45, 2.75) is 45.3 Å². The molecule has 23 heavy (non-hydrogen) atoms. The summed E-state index contributed by atoms with van der Waals surface area (Å²) in [5.41, 5.74) is -0.491. The molecular weight excluding hydrogens is 312 g/mol. The van der Waals surface area contributed by atoms with Crippen molar-refractivity contribution in [1.29, 1.82) is 0 Å². The van der Waals surface area contributed by atoms with E-state index in [0.717, 1.165) is 24.3 Å². The third-order valence-corrected chi connectivity index (χ3v) is 4.78. The lowest BCUT2D eigenvalue weighted by molar-refractivity contribution is 0.0139. The Balaban J connectivity index is 1.90. The second kappa shape index (κ2) is 7.45. The Hall–Kier alpha value is -1.40. The second-order valence-electron chi connectivity index (χ2n) is 7.02. The molecule has 5 nitrogen and oxygen atoms in total. The predicted molar refractivity (Wildman–Crippen MR) is 92.1 cm³/mol. The van der Waals surface area contributed by atoms with Gasteiger partial charge in [-0.25, -0.2) is 4.79 Å². The van der Waals surface area contributed by atoms with Crippen molar-refractivity contribution in [2.24, 2.45) is 0 Å². The van der Waals surface area contributed by atoms with E-state index in [1.807, 2.05) is 38.3 Å². The van der Waals surface area contributed by atoms with E-state index in [-0.39, 0.29) is 17.9 Å². The molecule has 128 valence electrons. The summed E-state index contributed by atoms with van der Waals surface area (Å²) in [7, 11) is 1.78. The minimum Gasteiger partial charge on any atom is -0.444 e. The van der Waals surface area contributed by atoms with E-state index in [2.05, 4.69) is 4.90 Å². The first-order valence-electron chi connectivity index (χ1n) is 8.01. The lowest BCUT2D eigenvalue weighted by Crippen LogP contribution is -2.50. The van der Waals surface area contributed by atoms with Gasteiger partial charge < -0.3 is 9.64 Å². The molecule has 2 rings (SSSR count). The van der Waals surface area contributed by atoms with Crippen molar-refractivity contribution < 1.29 is 14.3 Å². The third kappa shape index (κ3) is 5.32. The molecule has 0 saturated carbocycles. The van der Waals surface area contributed by atoms with Crippen molar-refractivity contribution in [3.05, 3.63) is 22.4 Å². The first-order valence-corrected chi connectivity index (χ1v) is 8.89. The van der Waals surface area contributed by atoms with Crippen LogP contribution in [0.5, 0.6) is 0 Å². The number of thiophene rings is 1. The van der Waals surface area contributed by atoms with Crippen LogP contribution in [0.1, 0.15) is 43.3 Å². The Kier molecular flexibility index (Phi) is 5.81. The molecule has 6 heteroatoms. The molecule has 0 aliphatic carbocycles. The van der Waals surface area contributed by atoms with Crippen molar-refractivity contribution in [3.63, 3.8) is 0 Å². The molecule has 1 saturated heterocycles. The van der Waals surface area contributed by atoms with E-state index in [1.165, 1.54) is 11.3 Å². The van der Waals surface area contributed by atoms with Crippen molar-refractivity contribution >= 4 is 23.2 Å².